The van der Waals surface area contributed by atoms with Crippen LogP contribution < -0.4 is 5.73 Å². The second kappa shape index (κ2) is 4.91. The molecule has 0 amide bonds. The Morgan fingerprint density at radius 2 is 1.88 bits per heavy atom. The second-order valence-corrected chi connectivity index (χ2v) is 4.39. The molecule has 2 N–H and O–H groups in total. The third-order valence-electron chi connectivity index (χ3n) is 2.73. The number of aromatic nitrogens is 2. The molecule has 5 heteroatoms. The third-order valence-corrected chi connectivity index (χ3v) is 2.73. The highest BCUT2D eigenvalue weighted by molar-refractivity contribution is 5.26. The molecule has 0 spiro atoms. The molecule has 3 nitrogen and oxygen atoms in total. The highest BCUT2D eigenvalue weighted by Gasteiger charge is 2.21. The fraction of sp³-hybridized carbons (Fsp3) is 0.727. The molecule has 0 saturated carbocycles. The maximum absolute atomic E-state index is 12.4. The van der Waals surface area contributed by atoms with Crippen LogP contribution in [0.3, 0.4) is 0 Å². The van der Waals surface area contributed by atoms with Gasteiger partial charge in [0.1, 0.15) is 0 Å². The normalized spacial score (nSPS) is 13.8. The van der Waals surface area contributed by atoms with E-state index in [2.05, 4.69) is 5.10 Å². The SMILES string of the molecule is Cc1nn(C(C)C)c(C)c1CC(N)C(F)F. The summed E-state index contributed by atoms with van der Waals surface area (Å²) in [6.07, 6.45) is -2.30. The molecular formula is C11H19F2N3. The smallest absolute Gasteiger partial charge is 0.253 e. The highest BCUT2D eigenvalue weighted by atomic mass is 19.3. The number of rotatable bonds is 4. The Morgan fingerprint density at radius 1 is 1.31 bits per heavy atom. The maximum atomic E-state index is 12.4. The summed E-state index contributed by atoms with van der Waals surface area (Å²) in [4.78, 5) is 0. The van der Waals surface area contributed by atoms with Crippen molar-refractivity contribution in [3.8, 4) is 0 Å². The zero-order valence-corrected chi connectivity index (χ0v) is 10.2. The van der Waals surface area contributed by atoms with E-state index in [0.717, 1.165) is 17.0 Å². The van der Waals surface area contributed by atoms with Crippen LogP contribution in [0.1, 0.15) is 36.8 Å². The Balaban J connectivity index is 2.96. The predicted octanol–water partition coefficient (Wildman–Crippen LogP) is 2.22. The van der Waals surface area contributed by atoms with Crippen molar-refractivity contribution < 1.29 is 8.78 Å². The van der Waals surface area contributed by atoms with Crippen molar-refractivity contribution in [3.63, 3.8) is 0 Å². The van der Waals surface area contributed by atoms with E-state index in [1.165, 1.54) is 0 Å². The van der Waals surface area contributed by atoms with Crippen molar-refractivity contribution in [2.24, 2.45) is 5.73 Å². The zero-order valence-electron chi connectivity index (χ0n) is 10.2. The number of hydrogen-bond donors (Lipinski definition) is 1. The van der Waals surface area contributed by atoms with Crippen molar-refractivity contribution >= 4 is 0 Å². The van der Waals surface area contributed by atoms with Gasteiger partial charge in [0.2, 0.25) is 0 Å². The number of nitrogens with zero attached hydrogens (tertiary/aromatic N) is 2. The van der Waals surface area contributed by atoms with Gasteiger partial charge in [-0.25, -0.2) is 8.78 Å². The van der Waals surface area contributed by atoms with Gasteiger partial charge in [-0.15, -0.1) is 0 Å². The summed E-state index contributed by atoms with van der Waals surface area (Å²) in [7, 11) is 0. The van der Waals surface area contributed by atoms with Crippen LogP contribution in [0.4, 0.5) is 8.78 Å². The number of halogens is 2. The van der Waals surface area contributed by atoms with Gasteiger partial charge in [0.05, 0.1) is 11.7 Å². The molecule has 1 rings (SSSR count). The summed E-state index contributed by atoms with van der Waals surface area (Å²) in [6.45, 7) is 7.75. The van der Waals surface area contributed by atoms with Gasteiger partial charge in [-0.1, -0.05) is 0 Å². The molecule has 0 aliphatic carbocycles. The van der Waals surface area contributed by atoms with Crippen molar-refractivity contribution in [1.29, 1.82) is 0 Å². The average molecular weight is 231 g/mol. The topological polar surface area (TPSA) is 43.8 Å². The standard InChI is InChI=1S/C11H19F2N3/c1-6(2)16-8(4)9(7(3)15-16)5-10(14)11(12)13/h6,10-11H,5,14H2,1-4H3. The van der Waals surface area contributed by atoms with E-state index in [9.17, 15) is 8.78 Å². The van der Waals surface area contributed by atoms with Crippen LogP contribution in [0.25, 0.3) is 0 Å². The maximum Gasteiger partial charge on any atom is 0.253 e. The van der Waals surface area contributed by atoms with Crippen LogP contribution in [0.15, 0.2) is 0 Å². The lowest BCUT2D eigenvalue weighted by Gasteiger charge is -2.12. The molecule has 0 aliphatic heterocycles. The molecule has 0 aliphatic rings. The Labute approximate surface area is 94.6 Å². The molecule has 92 valence electrons. The van der Waals surface area contributed by atoms with Gasteiger partial charge in [-0.2, -0.15) is 5.10 Å². The van der Waals surface area contributed by atoms with Crippen molar-refractivity contribution in [2.75, 3.05) is 0 Å². The van der Waals surface area contributed by atoms with Crippen LogP contribution in [-0.2, 0) is 6.42 Å². The van der Waals surface area contributed by atoms with Gasteiger partial charge in [0.15, 0.2) is 0 Å². The quantitative estimate of drug-likeness (QED) is 0.863. The van der Waals surface area contributed by atoms with E-state index in [1.54, 1.807) is 0 Å². The molecule has 0 saturated heterocycles. The molecule has 1 heterocycles. The summed E-state index contributed by atoms with van der Waals surface area (Å²) in [5.41, 5.74) is 7.96. The summed E-state index contributed by atoms with van der Waals surface area (Å²) in [6, 6.07) is -0.877. The van der Waals surface area contributed by atoms with Crippen LogP contribution >= 0.6 is 0 Å². The highest BCUT2D eigenvalue weighted by Crippen LogP contribution is 2.19. The largest absolute Gasteiger partial charge is 0.323 e. The molecule has 0 radical (unpaired) electrons. The first kappa shape index (κ1) is 13.1. The van der Waals surface area contributed by atoms with Gasteiger partial charge >= 0.3 is 0 Å². The Bertz CT molecular complexity index is 358. The minimum atomic E-state index is -2.49. The van der Waals surface area contributed by atoms with Crippen LogP contribution in [0.5, 0.6) is 0 Å². The molecule has 1 atom stereocenters. The van der Waals surface area contributed by atoms with Gasteiger partial charge in [0, 0.05) is 11.7 Å². The molecule has 1 unspecified atom stereocenters. The summed E-state index contributed by atoms with van der Waals surface area (Å²) >= 11 is 0. The molecule has 1 aromatic heterocycles. The summed E-state index contributed by atoms with van der Waals surface area (Å²) in [5.74, 6) is 0. The Morgan fingerprint density at radius 3 is 2.25 bits per heavy atom. The van der Waals surface area contributed by atoms with E-state index < -0.39 is 12.5 Å². The molecular weight excluding hydrogens is 212 g/mol. The second-order valence-electron chi connectivity index (χ2n) is 4.39. The molecule has 0 fully saturated rings. The molecule has 0 bridgehead atoms. The Hall–Kier alpha value is -0.970. The number of hydrogen-bond acceptors (Lipinski definition) is 2. The van der Waals surface area contributed by atoms with Crippen LogP contribution in [0, 0.1) is 13.8 Å². The van der Waals surface area contributed by atoms with Crippen molar-refractivity contribution in [2.45, 2.75) is 52.6 Å². The molecule has 0 aromatic carbocycles. The zero-order chi connectivity index (χ0) is 12.5. The number of aryl methyl sites for hydroxylation is 1. The van der Waals surface area contributed by atoms with Gasteiger partial charge < -0.3 is 5.73 Å². The molecule has 16 heavy (non-hydrogen) atoms. The first-order valence-electron chi connectivity index (χ1n) is 5.43. The predicted molar refractivity (Wildman–Crippen MR) is 59.8 cm³/mol. The van der Waals surface area contributed by atoms with Gasteiger partial charge in [-0.3, -0.25) is 4.68 Å². The minimum Gasteiger partial charge on any atom is -0.323 e. The lowest BCUT2D eigenvalue weighted by Crippen LogP contribution is -2.31. The third kappa shape index (κ3) is 2.58. The molecule has 1 aromatic rings. The van der Waals surface area contributed by atoms with E-state index in [0.29, 0.717) is 0 Å². The number of alkyl halides is 2. The van der Waals surface area contributed by atoms with E-state index in [-0.39, 0.29) is 12.5 Å². The fourth-order valence-corrected chi connectivity index (χ4v) is 1.82. The van der Waals surface area contributed by atoms with Gasteiger partial charge in [-0.05, 0) is 39.7 Å². The summed E-state index contributed by atoms with van der Waals surface area (Å²) in [5, 5.41) is 4.34. The van der Waals surface area contributed by atoms with E-state index >= 15 is 0 Å². The minimum absolute atomic E-state index is 0.183. The van der Waals surface area contributed by atoms with Crippen molar-refractivity contribution in [3.05, 3.63) is 17.0 Å². The van der Waals surface area contributed by atoms with Crippen molar-refractivity contribution in [1.82, 2.24) is 9.78 Å². The lowest BCUT2D eigenvalue weighted by atomic mass is 10.1. The van der Waals surface area contributed by atoms with Crippen LogP contribution in [0.2, 0.25) is 0 Å². The summed E-state index contributed by atoms with van der Waals surface area (Å²) < 4.78 is 26.6. The van der Waals surface area contributed by atoms with Gasteiger partial charge in [0.25, 0.3) is 6.43 Å². The lowest BCUT2D eigenvalue weighted by molar-refractivity contribution is 0.116. The first-order valence-corrected chi connectivity index (χ1v) is 5.43. The fourth-order valence-electron chi connectivity index (χ4n) is 1.82. The average Bonchev–Trinajstić information content (AvgIpc) is 2.45. The van der Waals surface area contributed by atoms with Crippen LogP contribution in [-0.4, -0.2) is 22.2 Å². The van der Waals surface area contributed by atoms with E-state index in [4.69, 9.17) is 5.73 Å². The van der Waals surface area contributed by atoms with E-state index in [1.807, 2.05) is 32.4 Å². The first-order chi connectivity index (χ1) is 7.34. The Kier molecular flexibility index (Phi) is 4.02. The monoisotopic (exact) mass is 231 g/mol. The number of nitrogens with two attached hydrogens (primary N) is 1.